The maximum atomic E-state index is 15.0. The Hall–Kier alpha value is -1.10. The van der Waals surface area contributed by atoms with Crippen LogP contribution in [0.15, 0.2) is 12.1 Å². The van der Waals surface area contributed by atoms with Crippen molar-refractivity contribution in [2.75, 3.05) is 7.11 Å². The summed E-state index contributed by atoms with van der Waals surface area (Å²) in [6.07, 6.45) is 9.48. The Balaban J connectivity index is 1.58. The van der Waals surface area contributed by atoms with Crippen LogP contribution >= 0.6 is 0 Å². The van der Waals surface area contributed by atoms with Crippen LogP contribution in [0.4, 0.5) is 17.6 Å². The Morgan fingerprint density at radius 3 is 2.06 bits per heavy atom. The molecule has 0 N–H and O–H groups in total. The fraction of sp³-hybridized carbons (Fsp3) is 0.769. The molecule has 2 fully saturated rings. The molecule has 2 saturated carbocycles. The van der Waals surface area contributed by atoms with Crippen molar-refractivity contribution in [3.05, 3.63) is 34.6 Å². The number of hydrogen-bond donors (Lipinski definition) is 0. The molecule has 0 spiro atoms. The Morgan fingerprint density at radius 2 is 1.52 bits per heavy atom. The Labute approximate surface area is 184 Å². The predicted octanol–water partition coefficient (Wildman–Crippen LogP) is 8.65. The summed E-state index contributed by atoms with van der Waals surface area (Å²) in [5.41, 5.74) is -1.03. The number of hydrogen-bond acceptors (Lipinski definition) is 1. The monoisotopic (exact) mass is 442 g/mol. The molecule has 0 radical (unpaired) electrons. The van der Waals surface area contributed by atoms with Gasteiger partial charge in [0, 0.05) is 7.11 Å². The molecule has 1 nitrogen and oxygen atoms in total. The number of methoxy groups -OCH3 is 1. The van der Waals surface area contributed by atoms with Gasteiger partial charge in [0.15, 0.2) is 0 Å². The highest BCUT2D eigenvalue weighted by Crippen LogP contribution is 2.46. The molecule has 1 aromatic rings. The lowest BCUT2D eigenvalue weighted by Crippen LogP contribution is -2.26. The van der Waals surface area contributed by atoms with Crippen molar-refractivity contribution in [3.8, 4) is 0 Å². The van der Waals surface area contributed by atoms with Gasteiger partial charge in [-0.1, -0.05) is 57.6 Å². The van der Waals surface area contributed by atoms with E-state index in [2.05, 4.69) is 6.92 Å². The fourth-order valence-corrected chi connectivity index (χ4v) is 6.06. The summed E-state index contributed by atoms with van der Waals surface area (Å²) in [6.45, 7) is 2.01. The van der Waals surface area contributed by atoms with Gasteiger partial charge in [0.05, 0.1) is 12.2 Å². The maximum absolute atomic E-state index is 15.0. The summed E-state index contributed by atoms with van der Waals surface area (Å²) in [4.78, 5) is 0. The molecule has 0 amide bonds. The molecule has 31 heavy (non-hydrogen) atoms. The SMILES string of the molecule is CCCCCC1CCC(C2CCC(c3ccc(COC)c(C(F)(F)F)c3F)CC2)CC1. The summed E-state index contributed by atoms with van der Waals surface area (Å²) in [6, 6.07) is 2.96. The molecule has 1 aromatic carbocycles. The highest BCUT2D eigenvalue weighted by Gasteiger charge is 2.39. The minimum Gasteiger partial charge on any atom is -0.380 e. The summed E-state index contributed by atoms with van der Waals surface area (Å²) in [5.74, 6) is 1.10. The molecule has 0 bridgehead atoms. The number of alkyl halides is 3. The first kappa shape index (κ1) is 24.5. The van der Waals surface area contributed by atoms with E-state index in [1.54, 1.807) is 6.07 Å². The number of benzene rings is 1. The van der Waals surface area contributed by atoms with Gasteiger partial charge >= 0.3 is 6.18 Å². The topological polar surface area (TPSA) is 9.23 Å². The molecule has 0 saturated heterocycles. The van der Waals surface area contributed by atoms with Crippen molar-refractivity contribution in [1.82, 2.24) is 0 Å². The normalized spacial score (nSPS) is 27.4. The minimum atomic E-state index is -4.71. The van der Waals surface area contributed by atoms with Gasteiger partial charge in [-0.25, -0.2) is 4.39 Å². The van der Waals surface area contributed by atoms with Crippen molar-refractivity contribution < 1.29 is 22.3 Å². The van der Waals surface area contributed by atoms with E-state index in [0.29, 0.717) is 5.92 Å². The first-order valence-electron chi connectivity index (χ1n) is 12.2. The van der Waals surface area contributed by atoms with Crippen LogP contribution in [0.1, 0.15) is 107 Å². The molecular weight excluding hydrogens is 404 g/mol. The summed E-state index contributed by atoms with van der Waals surface area (Å²) < 4.78 is 60.4. The van der Waals surface area contributed by atoms with Crippen LogP contribution in [0, 0.1) is 23.6 Å². The van der Waals surface area contributed by atoms with Crippen molar-refractivity contribution >= 4 is 0 Å². The quantitative estimate of drug-likeness (QED) is 0.289. The Bertz CT molecular complexity index is 683. The van der Waals surface area contributed by atoms with Crippen LogP contribution < -0.4 is 0 Å². The summed E-state index contributed by atoms with van der Waals surface area (Å²) in [5, 5.41) is 0. The highest BCUT2D eigenvalue weighted by molar-refractivity contribution is 5.37. The third kappa shape index (κ3) is 6.24. The molecular formula is C26H38F4O. The van der Waals surface area contributed by atoms with Gasteiger partial charge in [-0.3, -0.25) is 0 Å². The van der Waals surface area contributed by atoms with Gasteiger partial charge in [-0.2, -0.15) is 13.2 Å². The van der Waals surface area contributed by atoms with Gasteiger partial charge in [0.1, 0.15) is 5.82 Å². The van der Waals surface area contributed by atoms with Crippen LogP contribution in [0.5, 0.6) is 0 Å². The summed E-state index contributed by atoms with van der Waals surface area (Å²) >= 11 is 0. The Kier molecular flexibility index (Phi) is 8.83. The third-order valence-electron chi connectivity index (χ3n) is 7.83. The van der Waals surface area contributed by atoms with Crippen LogP contribution in [0.25, 0.3) is 0 Å². The van der Waals surface area contributed by atoms with Gasteiger partial charge in [-0.05, 0) is 73.3 Å². The van der Waals surface area contributed by atoms with Crippen molar-refractivity contribution in [1.29, 1.82) is 0 Å². The molecule has 2 aliphatic carbocycles. The van der Waals surface area contributed by atoms with Crippen LogP contribution in [-0.4, -0.2) is 7.11 Å². The standard InChI is InChI=1S/C26H38F4O/c1-3-4-5-6-18-7-9-19(10-8-18)20-11-13-21(14-12-20)23-16-15-22(17-31-2)24(25(23)27)26(28,29)30/h15-16,18-21H,3-14,17H2,1-2H3. The van der Waals surface area contributed by atoms with E-state index < -0.39 is 17.6 Å². The number of rotatable bonds is 8. The molecule has 0 atom stereocenters. The van der Waals surface area contributed by atoms with E-state index in [4.69, 9.17) is 4.74 Å². The van der Waals surface area contributed by atoms with Crippen molar-refractivity contribution in [2.24, 2.45) is 17.8 Å². The average Bonchev–Trinajstić information content (AvgIpc) is 2.74. The zero-order valence-electron chi connectivity index (χ0n) is 19.1. The van der Waals surface area contributed by atoms with E-state index in [1.807, 2.05) is 0 Å². The van der Waals surface area contributed by atoms with Gasteiger partial charge in [0.25, 0.3) is 0 Å². The second kappa shape index (κ2) is 11.2. The smallest absolute Gasteiger partial charge is 0.380 e. The lowest BCUT2D eigenvalue weighted by atomic mass is 9.67. The number of ether oxygens (including phenoxy) is 1. The maximum Gasteiger partial charge on any atom is 0.419 e. The largest absolute Gasteiger partial charge is 0.419 e. The van der Waals surface area contributed by atoms with Crippen LogP contribution in [0.2, 0.25) is 0 Å². The molecule has 0 aliphatic heterocycles. The van der Waals surface area contributed by atoms with Crippen molar-refractivity contribution in [2.45, 2.75) is 103 Å². The van der Waals surface area contributed by atoms with Crippen molar-refractivity contribution in [3.63, 3.8) is 0 Å². The lowest BCUT2D eigenvalue weighted by Gasteiger charge is -2.38. The van der Waals surface area contributed by atoms with E-state index in [9.17, 15) is 17.6 Å². The lowest BCUT2D eigenvalue weighted by molar-refractivity contribution is -0.141. The first-order chi connectivity index (χ1) is 14.8. The zero-order chi connectivity index (χ0) is 22.4. The molecule has 176 valence electrons. The fourth-order valence-electron chi connectivity index (χ4n) is 6.06. The molecule has 0 unspecified atom stereocenters. The van der Waals surface area contributed by atoms with E-state index in [0.717, 1.165) is 37.5 Å². The second-order valence-electron chi connectivity index (χ2n) is 9.82. The van der Waals surface area contributed by atoms with Gasteiger partial charge in [0.2, 0.25) is 0 Å². The Morgan fingerprint density at radius 1 is 0.903 bits per heavy atom. The highest BCUT2D eigenvalue weighted by atomic mass is 19.4. The molecule has 0 heterocycles. The number of halogens is 4. The van der Waals surface area contributed by atoms with E-state index in [1.165, 1.54) is 64.5 Å². The van der Waals surface area contributed by atoms with E-state index in [-0.39, 0.29) is 23.7 Å². The second-order valence-corrected chi connectivity index (χ2v) is 9.82. The molecule has 0 aromatic heterocycles. The molecule has 3 rings (SSSR count). The predicted molar refractivity (Wildman–Crippen MR) is 116 cm³/mol. The molecule has 2 aliphatic rings. The minimum absolute atomic E-state index is 0.112. The van der Waals surface area contributed by atoms with Crippen LogP contribution in [-0.2, 0) is 17.5 Å². The molecule has 5 heteroatoms. The first-order valence-corrected chi connectivity index (χ1v) is 12.2. The average molecular weight is 443 g/mol. The van der Waals surface area contributed by atoms with E-state index >= 15 is 0 Å². The van der Waals surface area contributed by atoms with Gasteiger partial charge < -0.3 is 4.74 Å². The summed E-state index contributed by atoms with van der Waals surface area (Å²) in [7, 11) is 1.33. The van der Waals surface area contributed by atoms with Crippen LogP contribution in [0.3, 0.4) is 0 Å². The zero-order valence-corrected chi connectivity index (χ0v) is 19.1. The third-order valence-corrected chi connectivity index (χ3v) is 7.83. The van der Waals surface area contributed by atoms with Gasteiger partial charge in [-0.15, -0.1) is 0 Å². The number of unbranched alkanes of at least 4 members (excludes halogenated alkanes) is 2.